The number of esters is 2. The highest BCUT2D eigenvalue weighted by atomic mass is 16.6. The third kappa shape index (κ3) is 4.48. The molecule has 242 valence electrons. The van der Waals surface area contributed by atoms with E-state index in [1.54, 1.807) is 6.92 Å². The second-order valence-corrected chi connectivity index (χ2v) is 14.0. The van der Waals surface area contributed by atoms with E-state index in [9.17, 15) is 29.7 Å². The number of aliphatic hydroxyl groups is 3. The lowest BCUT2D eigenvalue weighted by Gasteiger charge is -2.67. The van der Waals surface area contributed by atoms with Gasteiger partial charge in [-0.2, -0.15) is 0 Å². The molecule has 3 fully saturated rings. The Kier molecular flexibility index (Phi) is 7.95. The molecule has 0 radical (unpaired) electrons. The highest BCUT2D eigenvalue weighted by Crippen LogP contribution is 2.71. The predicted octanol–water partition coefficient (Wildman–Crippen LogP) is 3.85. The van der Waals surface area contributed by atoms with E-state index in [1.165, 1.54) is 26.2 Å². The van der Waals surface area contributed by atoms with Crippen molar-refractivity contribution in [3.63, 3.8) is 0 Å². The van der Waals surface area contributed by atoms with Crippen LogP contribution >= 0.6 is 0 Å². The number of rotatable bonds is 7. The van der Waals surface area contributed by atoms with Crippen molar-refractivity contribution >= 4 is 17.7 Å². The summed E-state index contributed by atoms with van der Waals surface area (Å²) in [7, 11) is 1.41. The van der Waals surface area contributed by atoms with Gasteiger partial charge in [-0.05, 0) is 75.8 Å². The van der Waals surface area contributed by atoms with Crippen LogP contribution in [0.1, 0.15) is 97.0 Å². The second-order valence-electron chi connectivity index (χ2n) is 14.0. The smallest absolute Gasteiger partial charge is 0.377 e. The van der Waals surface area contributed by atoms with Crippen molar-refractivity contribution in [1.82, 2.24) is 5.16 Å². The molecular formula is C33H45NO10. The van der Waals surface area contributed by atoms with Crippen LogP contribution < -0.4 is 4.74 Å². The van der Waals surface area contributed by atoms with E-state index >= 15 is 0 Å². The number of allylic oxidation sites excluding steroid dienone is 1. The van der Waals surface area contributed by atoms with Gasteiger partial charge in [0.05, 0.1) is 18.6 Å². The lowest BCUT2D eigenvalue weighted by atomic mass is 9.42. The van der Waals surface area contributed by atoms with Gasteiger partial charge in [-0.15, -0.1) is 0 Å². The van der Waals surface area contributed by atoms with Gasteiger partial charge in [0.15, 0.2) is 5.78 Å². The molecule has 1 aromatic heterocycles. The fourth-order valence-electron chi connectivity index (χ4n) is 8.64. The molecule has 0 aliphatic heterocycles. The van der Waals surface area contributed by atoms with E-state index in [-0.39, 0.29) is 43.2 Å². The molecule has 0 bridgehead atoms. The van der Waals surface area contributed by atoms with Crippen LogP contribution in [0.3, 0.4) is 0 Å². The largest absolute Gasteiger partial charge is 0.479 e. The Bertz CT molecular complexity index is 1410. The Labute approximate surface area is 257 Å². The van der Waals surface area contributed by atoms with Gasteiger partial charge < -0.3 is 34.1 Å². The highest BCUT2D eigenvalue weighted by molar-refractivity contribution is 5.88. The molecule has 11 heteroatoms. The number of ketones is 1. The van der Waals surface area contributed by atoms with E-state index in [1.807, 2.05) is 33.8 Å². The van der Waals surface area contributed by atoms with Crippen LogP contribution in [-0.4, -0.2) is 74.3 Å². The molecule has 11 nitrogen and oxygen atoms in total. The summed E-state index contributed by atoms with van der Waals surface area (Å²) in [5.74, 6) is -2.20. The monoisotopic (exact) mass is 615 g/mol. The zero-order valence-electron chi connectivity index (χ0n) is 26.6. The third-order valence-electron chi connectivity index (χ3n) is 11.8. The molecule has 1 unspecified atom stereocenters. The SMILES string of the molecule is COc1cc(C(=O)O[C@H]2CC[C@@]3(C)C(=CC[C@]4(O)C3C[C@@H](OC(=O)/C=C(\C)C(C)C)[C@@]3(C)[C@]4(O)CC[C@@]3(O)C(C)=O)C2)on1. The fraction of sp³-hybridized carbons (Fsp3) is 0.697. The van der Waals surface area contributed by atoms with Gasteiger partial charge in [0, 0.05) is 18.4 Å². The molecule has 3 N–H and O–H groups in total. The molecule has 0 spiro atoms. The van der Waals surface area contributed by atoms with Gasteiger partial charge in [-0.25, -0.2) is 9.59 Å². The molecule has 0 saturated heterocycles. The summed E-state index contributed by atoms with van der Waals surface area (Å²) in [5.41, 5.74) is -6.20. The molecule has 4 aliphatic rings. The Balaban J connectivity index is 1.49. The minimum atomic E-state index is -2.01. The maximum absolute atomic E-state index is 13.2. The molecule has 1 heterocycles. The summed E-state index contributed by atoms with van der Waals surface area (Å²) in [6.07, 6.45) is 3.28. The van der Waals surface area contributed by atoms with E-state index in [4.69, 9.17) is 18.7 Å². The number of methoxy groups -OCH3 is 1. The van der Waals surface area contributed by atoms with Gasteiger partial charge in [0.25, 0.3) is 5.88 Å². The lowest BCUT2D eigenvalue weighted by molar-refractivity contribution is -0.314. The van der Waals surface area contributed by atoms with Crippen LogP contribution in [0.4, 0.5) is 0 Å². The van der Waals surface area contributed by atoms with Crippen LogP contribution in [0.25, 0.3) is 0 Å². The quantitative estimate of drug-likeness (QED) is 0.232. The van der Waals surface area contributed by atoms with Crippen LogP contribution in [0, 0.1) is 22.7 Å². The first-order chi connectivity index (χ1) is 20.5. The van der Waals surface area contributed by atoms with Crippen molar-refractivity contribution in [3.8, 4) is 5.88 Å². The van der Waals surface area contributed by atoms with Crippen LogP contribution in [0.15, 0.2) is 33.9 Å². The highest BCUT2D eigenvalue weighted by Gasteiger charge is 2.81. The molecular weight excluding hydrogens is 570 g/mol. The zero-order chi connectivity index (χ0) is 32.5. The topological polar surface area (TPSA) is 166 Å². The average Bonchev–Trinajstić information content (AvgIpc) is 3.53. The first-order valence-electron chi connectivity index (χ1n) is 15.4. The molecule has 0 aromatic carbocycles. The number of ether oxygens (including phenoxy) is 3. The molecule has 3 saturated carbocycles. The first-order valence-corrected chi connectivity index (χ1v) is 15.4. The molecule has 4 aliphatic carbocycles. The Morgan fingerprint density at radius 1 is 1.09 bits per heavy atom. The van der Waals surface area contributed by atoms with Crippen molar-refractivity contribution in [3.05, 3.63) is 35.1 Å². The van der Waals surface area contributed by atoms with Gasteiger partial charge in [0.1, 0.15) is 29.0 Å². The van der Waals surface area contributed by atoms with Crippen LogP contribution in [-0.2, 0) is 19.1 Å². The van der Waals surface area contributed by atoms with Crippen LogP contribution in [0.5, 0.6) is 5.88 Å². The lowest BCUT2D eigenvalue weighted by Crippen LogP contribution is -2.78. The van der Waals surface area contributed by atoms with Gasteiger partial charge in [-0.1, -0.05) is 38.0 Å². The van der Waals surface area contributed by atoms with Crippen molar-refractivity contribution in [1.29, 1.82) is 0 Å². The fourth-order valence-corrected chi connectivity index (χ4v) is 8.64. The molecule has 44 heavy (non-hydrogen) atoms. The van der Waals surface area contributed by atoms with Crippen molar-refractivity contribution in [2.45, 2.75) is 115 Å². The van der Waals surface area contributed by atoms with Crippen molar-refractivity contribution in [2.75, 3.05) is 7.11 Å². The molecule has 1 aromatic rings. The number of carbonyl (C=O) groups excluding carboxylic acids is 3. The van der Waals surface area contributed by atoms with E-state index in [0.29, 0.717) is 19.3 Å². The van der Waals surface area contributed by atoms with Gasteiger partial charge in [-0.3, -0.25) is 4.79 Å². The third-order valence-corrected chi connectivity index (χ3v) is 11.8. The zero-order valence-corrected chi connectivity index (χ0v) is 26.6. The van der Waals surface area contributed by atoms with E-state index < -0.39 is 63.5 Å². The summed E-state index contributed by atoms with van der Waals surface area (Å²) in [6.45, 7) is 10.6. The number of aromatic nitrogens is 1. The van der Waals surface area contributed by atoms with E-state index in [0.717, 1.165) is 11.1 Å². The second kappa shape index (κ2) is 10.8. The maximum atomic E-state index is 13.2. The number of carbonyl (C=O) groups is 3. The number of nitrogens with zero attached hydrogens (tertiary/aromatic N) is 1. The van der Waals surface area contributed by atoms with Gasteiger partial charge >= 0.3 is 11.9 Å². The maximum Gasteiger partial charge on any atom is 0.377 e. The average molecular weight is 616 g/mol. The minimum absolute atomic E-state index is 0.0401. The van der Waals surface area contributed by atoms with Gasteiger partial charge in [0.2, 0.25) is 5.76 Å². The Hall–Kier alpha value is -3.02. The normalized spacial score (nSPS) is 39.9. The number of fused-ring (bicyclic) bond motifs is 5. The number of Topliss-reactive ketones (excluding diaryl/α,β-unsaturated/α-hetero) is 1. The summed E-state index contributed by atoms with van der Waals surface area (Å²) in [6, 6.07) is 1.36. The van der Waals surface area contributed by atoms with E-state index in [2.05, 4.69) is 5.16 Å². The van der Waals surface area contributed by atoms with Crippen LogP contribution in [0.2, 0.25) is 0 Å². The summed E-state index contributed by atoms with van der Waals surface area (Å²) < 4.78 is 21.8. The number of hydrogen-bond donors (Lipinski definition) is 3. The van der Waals surface area contributed by atoms with Crippen molar-refractivity contribution < 1.29 is 48.4 Å². The summed E-state index contributed by atoms with van der Waals surface area (Å²) in [5, 5.41) is 40.7. The van der Waals surface area contributed by atoms with Crippen molar-refractivity contribution in [2.24, 2.45) is 22.7 Å². The number of hydrogen-bond acceptors (Lipinski definition) is 11. The Morgan fingerprint density at radius 2 is 1.80 bits per heavy atom. The first kappa shape index (κ1) is 32.4. The molecule has 5 rings (SSSR count). The molecule has 8 atom stereocenters. The molecule has 0 amide bonds. The summed E-state index contributed by atoms with van der Waals surface area (Å²) >= 11 is 0. The predicted molar refractivity (Wildman–Crippen MR) is 156 cm³/mol. The minimum Gasteiger partial charge on any atom is -0.479 e. The Morgan fingerprint density at radius 3 is 2.41 bits per heavy atom. The standard InChI is InChI=1S/C33H45NO10/c1-18(2)19(3)14-27(36)43-25-17-24-29(5)10-9-22(42-28(37)23-16-26(41-7)34-44-23)15-21(29)8-11-32(24,39)33(40)13-12-31(38,20(4)35)30(25,33)6/h8,14,16,18,22,24-25,38-40H,9-13,15,17H2,1-7H3/b19-14+/t22-,24?,25+,29-,30+,31+,32-,33+/m0/s1. The summed E-state index contributed by atoms with van der Waals surface area (Å²) in [4.78, 5) is 39.0.